The molecule has 0 N–H and O–H groups in total. The van der Waals surface area contributed by atoms with Crippen molar-refractivity contribution < 1.29 is 31.1 Å². The van der Waals surface area contributed by atoms with Crippen molar-refractivity contribution in [2.75, 3.05) is 6.61 Å². The topological polar surface area (TPSA) is 9.23 Å². The van der Waals surface area contributed by atoms with E-state index in [4.69, 9.17) is 0 Å². The summed E-state index contributed by atoms with van der Waals surface area (Å²) in [6, 6.07) is 1.73. The number of hydrogen-bond donors (Lipinski definition) is 0. The summed E-state index contributed by atoms with van der Waals surface area (Å²) in [7, 11) is 0. The van der Waals surface area contributed by atoms with Gasteiger partial charge in [-0.15, -0.1) is 0 Å². The SMILES string of the molecule is Fc1cc(F)cc(OCC(F)(F)C(F)F)c1. The second-order valence-corrected chi connectivity index (χ2v) is 2.96. The monoisotopic (exact) mass is 244 g/mol. The Kier molecular flexibility index (Phi) is 3.66. The van der Waals surface area contributed by atoms with Crippen LogP contribution in [0.4, 0.5) is 26.3 Å². The van der Waals surface area contributed by atoms with Gasteiger partial charge in [0.15, 0.2) is 6.61 Å². The zero-order chi connectivity index (χ0) is 12.3. The number of ether oxygens (including phenoxy) is 1. The largest absolute Gasteiger partial charge is 0.487 e. The van der Waals surface area contributed by atoms with Crippen molar-refractivity contribution in [2.45, 2.75) is 12.3 Å². The first-order valence-electron chi connectivity index (χ1n) is 4.06. The van der Waals surface area contributed by atoms with Gasteiger partial charge < -0.3 is 4.74 Å². The Balaban J connectivity index is 2.68. The second-order valence-electron chi connectivity index (χ2n) is 2.96. The fraction of sp³-hybridized carbons (Fsp3) is 0.333. The minimum Gasteiger partial charge on any atom is -0.487 e. The number of alkyl halides is 4. The normalized spacial score (nSPS) is 11.9. The molecule has 0 aliphatic rings. The molecule has 0 fully saturated rings. The maximum Gasteiger partial charge on any atom is 0.340 e. The van der Waals surface area contributed by atoms with E-state index >= 15 is 0 Å². The lowest BCUT2D eigenvalue weighted by Gasteiger charge is -2.15. The van der Waals surface area contributed by atoms with Crippen molar-refractivity contribution in [3.05, 3.63) is 29.8 Å². The summed E-state index contributed by atoms with van der Waals surface area (Å²) in [5.74, 6) is -7.02. The predicted molar refractivity (Wildman–Crippen MR) is 42.8 cm³/mol. The summed E-state index contributed by atoms with van der Waals surface area (Å²) in [6.45, 7) is -1.65. The first-order valence-corrected chi connectivity index (χ1v) is 4.06. The standard InChI is InChI=1S/C9H6F6O/c10-5-1-6(11)3-7(2-5)16-4-9(14,15)8(12)13/h1-3,8H,4H2. The van der Waals surface area contributed by atoms with E-state index < -0.39 is 36.3 Å². The van der Waals surface area contributed by atoms with Crippen molar-refractivity contribution in [3.63, 3.8) is 0 Å². The highest BCUT2D eigenvalue weighted by atomic mass is 19.3. The molecule has 0 heterocycles. The van der Waals surface area contributed by atoms with Gasteiger partial charge in [0, 0.05) is 18.2 Å². The highest BCUT2D eigenvalue weighted by Crippen LogP contribution is 2.24. The molecule has 0 aliphatic heterocycles. The molecule has 90 valence electrons. The van der Waals surface area contributed by atoms with Crippen LogP contribution in [0.2, 0.25) is 0 Å². The number of benzene rings is 1. The third-order valence-corrected chi connectivity index (χ3v) is 1.59. The Morgan fingerprint density at radius 3 is 2.00 bits per heavy atom. The molecule has 16 heavy (non-hydrogen) atoms. The maximum absolute atomic E-state index is 12.6. The van der Waals surface area contributed by atoms with Crippen LogP contribution in [0, 0.1) is 11.6 Å². The van der Waals surface area contributed by atoms with E-state index in [1.807, 2.05) is 0 Å². The van der Waals surface area contributed by atoms with E-state index in [0.29, 0.717) is 18.2 Å². The van der Waals surface area contributed by atoms with Gasteiger partial charge in [-0.2, -0.15) is 8.78 Å². The van der Waals surface area contributed by atoms with Gasteiger partial charge in [0.05, 0.1) is 0 Å². The average molecular weight is 244 g/mol. The lowest BCUT2D eigenvalue weighted by Crippen LogP contribution is -2.33. The number of rotatable bonds is 4. The van der Waals surface area contributed by atoms with Gasteiger partial charge in [0.2, 0.25) is 0 Å². The van der Waals surface area contributed by atoms with Crippen LogP contribution in [-0.4, -0.2) is 19.0 Å². The van der Waals surface area contributed by atoms with Crippen molar-refractivity contribution in [1.29, 1.82) is 0 Å². The van der Waals surface area contributed by atoms with Crippen molar-refractivity contribution in [3.8, 4) is 5.75 Å². The maximum atomic E-state index is 12.6. The third-order valence-electron chi connectivity index (χ3n) is 1.59. The third kappa shape index (κ3) is 3.32. The molecule has 0 unspecified atom stereocenters. The van der Waals surface area contributed by atoms with Crippen LogP contribution >= 0.6 is 0 Å². The second kappa shape index (κ2) is 4.63. The smallest absolute Gasteiger partial charge is 0.340 e. The molecule has 1 aromatic rings. The summed E-state index contributed by atoms with van der Waals surface area (Å²) in [5.41, 5.74) is 0. The van der Waals surface area contributed by atoms with Gasteiger partial charge in [0.25, 0.3) is 0 Å². The molecule has 0 aromatic heterocycles. The van der Waals surface area contributed by atoms with Crippen LogP contribution < -0.4 is 4.74 Å². The van der Waals surface area contributed by atoms with Gasteiger partial charge >= 0.3 is 12.3 Å². The van der Waals surface area contributed by atoms with E-state index in [2.05, 4.69) is 4.74 Å². The molecule has 7 heteroatoms. The number of halogens is 6. The summed E-state index contributed by atoms with van der Waals surface area (Å²) in [4.78, 5) is 0. The Bertz CT molecular complexity index is 345. The molecule has 0 radical (unpaired) electrons. The Morgan fingerprint density at radius 1 is 1.06 bits per heavy atom. The molecule has 1 aromatic carbocycles. The molecule has 0 saturated heterocycles. The quantitative estimate of drug-likeness (QED) is 0.739. The van der Waals surface area contributed by atoms with E-state index in [1.54, 1.807) is 0 Å². The van der Waals surface area contributed by atoms with Crippen LogP contribution in [0.1, 0.15) is 0 Å². The minimum atomic E-state index is -4.36. The van der Waals surface area contributed by atoms with Crippen LogP contribution in [0.3, 0.4) is 0 Å². The zero-order valence-corrected chi connectivity index (χ0v) is 7.69. The molecule has 0 bridgehead atoms. The van der Waals surface area contributed by atoms with Crippen molar-refractivity contribution in [2.24, 2.45) is 0 Å². The summed E-state index contributed by atoms with van der Waals surface area (Å²) in [6.07, 6.45) is -3.90. The predicted octanol–water partition coefficient (Wildman–Crippen LogP) is 3.24. The lowest BCUT2D eigenvalue weighted by atomic mass is 10.3. The van der Waals surface area contributed by atoms with Crippen molar-refractivity contribution in [1.82, 2.24) is 0 Å². The van der Waals surface area contributed by atoms with Gasteiger partial charge in [-0.25, -0.2) is 17.6 Å². The summed E-state index contributed by atoms with van der Waals surface area (Å²) < 4.78 is 77.4. The van der Waals surface area contributed by atoms with Gasteiger partial charge in [-0.05, 0) is 0 Å². The molecule has 0 amide bonds. The first kappa shape index (κ1) is 12.7. The highest BCUT2D eigenvalue weighted by molar-refractivity contribution is 5.23. The van der Waals surface area contributed by atoms with Gasteiger partial charge in [0.1, 0.15) is 17.4 Å². The van der Waals surface area contributed by atoms with Gasteiger partial charge in [-0.1, -0.05) is 0 Å². The van der Waals surface area contributed by atoms with Crippen LogP contribution in [0.25, 0.3) is 0 Å². The molecule has 1 rings (SSSR count). The Hall–Kier alpha value is -1.40. The van der Waals surface area contributed by atoms with Gasteiger partial charge in [-0.3, -0.25) is 0 Å². The highest BCUT2D eigenvalue weighted by Gasteiger charge is 2.41. The van der Waals surface area contributed by atoms with Crippen LogP contribution in [0.15, 0.2) is 18.2 Å². The van der Waals surface area contributed by atoms with E-state index in [9.17, 15) is 26.3 Å². The number of hydrogen-bond acceptors (Lipinski definition) is 1. The molecule has 0 aliphatic carbocycles. The van der Waals surface area contributed by atoms with E-state index in [-0.39, 0.29) is 0 Å². The first-order chi connectivity index (χ1) is 7.31. The molecule has 0 spiro atoms. The fourth-order valence-corrected chi connectivity index (χ4v) is 0.854. The minimum absolute atomic E-state index is 0.498. The lowest BCUT2D eigenvalue weighted by molar-refractivity contribution is -0.148. The van der Waals surface area contributed by atoms with Crippen LogP contribution in [-0.2, 0) is 0 Å². The van der Waals surface area contributed by atoms with E-state index in [0.717, 1.165) is 0 Å². The van der Waals surface area contributed by atoms with Crippen LogP contribution in [0.5, 0.6) is 5.75 Å². The summed E-state index contributed by atoms with van der Waals surface area (Å²) >= 11 is 0. The average Bonchev–Trinajstić information content (AvgIpc) is 2.13. The zero-order valence-electron chi connectivity index (χ0n) is 7.69. The molecule has 0 saturated carbocycles. The summed E-state index contributed by atoms with van der Waals surface area (Å²) in [5, 5.41) is 0. The Labute approximate surface area is 86.6 Å². The fourth-order valence-electron chi connectivity index (χ4n) is 0.854. The molecule has 0 atom stereocenters. The Morgan fingerprint density at radius 2 is 1.56 bits per heavy atom. The molecular formula is C9H6F6O. The van der Waals surface area contributed by atoms with Crippen molar-refractivity contribution >= 4 is 0 Å². The van der Waals surface area contributed by atoms with E-state index in [1.165, 1.54) is 0 Å². The molecule has 1 nitrogen and oxygen atoms in total. The molecular weight excluding hydrogens is 238 g/mol.